The molecule has 1 fully saturated rings. The molecule has 6 nitrogen and oxygen atoms in total. The van der Waals surface area contributed by atoms with Crippen molar-refractivity contribution < 1.29 is 14.3 Å². The van der Waals surface area contributed by atoms with Gasteiger partial charge in [0.1, 0.15) is 6.04 Å². The summed E-state index contributed by atoms with van der Waals surface area (Å²) < 4.78 is 10.7. The molecule has 1 aromatic heterocycles. The third-order valence-electron chi connectivity index (χ3n) is 4.53. The fourth-order valence-electron chi connectivity index (χ4n) is 3.19. The molecule has 1 atom stereocenters. The van der Waals surface area contributed by atoms with Gasteiger partial charge in [0.05, 0.1) is 10.9 Å². The van der Waals surface area contributed by atoms with Gasteiger partial charge in [0.2, 0.25) is 6.79 Å². The van der Waals surface area contributed by atoms with Crippen LogP contribution in [0.2, 0.25) is 0 Å². The van der Waals surface area contributed by atoms with E-state index in [4.69, 9.17) is 9.47 Å². The van der Waals surface area contributed by atoms with Crippen LogP contribution in [0, 0.1) is 11.3 Å². The van der Waals surface area contributed by atoms with Crippen molar-refractivity contribution in [2.75, 3.05) is 33.0 Å². The van der Waals surface area contributed by atoms with E-state index in [-0.39, 0.29) is 18.7 Å². The number of hydrogen-bond acceptors (Lipinski definition) is 6. The van der Waals surface area contributed by atoms with E-state index in [1.165, 1.54) is 11.3 Å². The molecular weight excluding hydrogens is 338 g/mol. The van der Waals surface area contributed by atoms with E-state index < -0.39 is 0 Å². The van der Waals surface area contributed by atoms with Crippen LogP contribution in [0.5, 0.6) is 11.5 Å². The molecule has 0 bridgehead atoms. The first-order valence-corrected chi connectivity index (χ1v) is 9.00. The molecule has 7 heteroatoms. The third-order valence-corrected chi connectivity index (χ3v) is 5.39. The second kappa shape index (κ2) is 6.75. The highest BCUT2D eigenvalue weighted by Crippen LogP contribution is 2.35. The standard InChI is InChI=1S/C18H17N3O3S/c19-11-14(13-3-4-15-16(10-13)24-12-23-15)20-5-7-21(8-6-20)18(22)17-2-1-9-25-17/h1-4,9-10,14H,5-8,12H2. The Labute approximate surface area is 149 Å². The first-order chi connectivity index (χ1) is 12.3. The number of hydrogen-bond donors (Lipinski definition) is 0. The molecule has 1 unspecified atom stereocenters. The topological polar surface area (TPSA) is 65.8 Å². The first kappa shape index (κ1) is 15.9. The van der Waals surface area contributed by atoms with Gasteiger partial charge < -0.3 is 14.4 Å². The second-order valence-electron chi connectivity index (χ2n) is 5.95. The molecule has 25 heavy (non-hydrogen) atoms. The van der Waals surface area contributed by atoms with E-state index in [0.29, 0.717) is 37.7 Å². The minimum atomic E-state index is -0.353. The number of carbonyl (C=O) groups excluding carboxylic acids is 1. The maximum atomic E-state index is 12.4. The van der Waals surface area contributed by atoms with Crippen LogP contribution in [-0.4, -0.2) is 48.7 Å². The molecule has 0 radical (unpaired) electrons. The molecule has 1 saturated heterocycles. The number of carbonyl (C=O) groups is 1. The number of rotatable bonds is 3. The normalized spacial score (nSPS) is 18.0. The molecule has 0 aliphatic carbocycles. The molecule has 2 aromatic rings. The molecule has 2 aliphatic rings. The lowest BCUT2D eigenvalue weighted by Gasteiger charge is -2.36. The lowest BCUT2D eigenvalue weighted by atomic mass is 10.0. The number of amides is 1. The summed E-state index contributed by atoms with van der Waals surface area (Å²) in [4.78, 5) is 17.2. The second-order valence-corrected chi connectivity index (χ2v) is 6.90. The molecule has 128 valence electrons. The van der Waals surface area contributed by atoms with Gasteiger partial charge in [-0.1, -0.05) is 12.1 Å². The molecule has 3 heterocycles. The van der Waals surface area contributed by atoms with E-state index in [2.05, 4.69) is 11.0 Å². The quantitative estimate of drug-likeness (QED) is 0.846. The summed E-state index contributed by atoms with van der Waals surface area (Å²) in [6.45, 7) is 2.81. The minimum Gasteiger partial charge on any atom is -0.454 e. The predicted molar refractivity (Wildman–Crippen MR) is 92.7 cm³/mol. The average Bonchev–Trinajstić information content (AvgIpc) is 3.34. The Hall–Kier alpha value is -2.56. The van der Waals surface area contributed by atoms with Gasteiger partial charge in [-0.05, 0) is 29.1 Å². The largest absolute Gasteiger partial charge is 0.454 e. The van der Waals surface area contributed by atoms with Crippen molar-refractivity contribution in [3.05, 3.63) is 46.2 Å². The average molecular weight is 355 g/mol. The summed E-state index contributed by atoms with van der Waals surface area (Å²) in [5.41, 5.74) is 0.893. The summed E-state index contributed by atoms with van der Waals surface area (Å²) in [7, 11) is 0. The third kappa shape index (κ3) is 3.06. The van der Waals surface area contributed by atoms with E-state index in [0.717, 1.165) is 10.4 Å². The van der Waals surface area contributed by atoms with Gasteiger partial charge in [-0.15, -0.1) is 11.3 Å². The van der Waals surface area contributed by atoms with Crippen molar-refractivity contribution in [1.82, 2.24) is 9.80 Å². The van der Waals surface area contributed by atoms with Gasteiger partial charge in [-0.2, -0.15) is 5.26 Å². The van der Waals surface area contributed by atoms with Crippen molar-refractivity contribution in [1.29, 1.82) is 5.26 Å². The molecule has 1 aromatic carbocycles. The molecule has 0 saturated carbocycles. The Kier molecular flexibility index (Phi) is 4.30. The SMILES string of the molecule is N#CC(c1ccc2c(c1)OCO2)N1CCN(C(=O)c2cccs2)CC1. The number of ether oxygens (including phenoxy) is 2. The first-order valence-electron chi connectivity index (χ1n) is 8.12. The Bertz CT molecular complexity index is 807. The van der Waals surface area contributed by atoms with Gasteiger partial charge >= 0.3 is 0 Å². The van der Waals surface area contributed by atoms with Crippen molar-refractivity contribution in [2.24, 2.45) is 0 Å². The van der Waals surface area contributed by atoms with Gasteiger partial charge in [0.25, 0.3) is 5.91 Å². The maximum Gasteiger partial charge on any atom is 0.264 e. The summed E-state index contributed by atoms with van der Waals surface area (Å²) >= 11 is 1.46. The summed E-state index contributed by atoms with van der Waals surface area (Å²) in [5.74, 6) is 1.47. The Balaban J connectivity index is 1.44. The molecule has 4 rings (SSSR count). The number of piperazine rings is 1. The predicted octanol–water partition coefficient (Wildman–Crippen LogP) is 2.50. The van der Waals surface area contributed by atoms with Crippen molar-refractivity contribution >= 4 is 17.2 Å². The smallest absolute Gasteiger partial charge is 0.264 e. The highest BCUT2D eigenvalue weighted by molar-refractivity contribution is 7.12. The van der Waals surface area contributed by atoms with Crippen molar-refractivity contribution in [3.8, 4) is 17.6 Å². The summed E-state index contributed by atoms with van der Waals surface area (Å²) in [5, 5.41) is 11.6. The van der Waals surface area contributed by atoms with Crippen LogP contribution in [0.3, 0.4) is 0 Å². The molecule has 0 spiro atoms. The number of benzene rings is 1. The highest BCUT2D eigenvalue weighted by Gasteiger charge is 2.28. The van der Waals surface area contributed by atoms with Crippen LogP contribution in [0.1, 0.15) is 21.3 Å². The number of thiophene rings is 1. The molecule has 2 aliphatic heterocycles. The van der Waals surface area contributed by atoms with Crippen LogP contribution in [0.25, 0.3) is 0 Å². The van der Waals surface area contributed by atoms with Crippen molar-refractivity contribution in [2.45, 2.75) is 6.04 Å². The number of nitriles is 1. The van der Waals surface area contributed by atoms with Gasteiger partial charge in [0.15, 0.2) is 11.5 Å². The van der Waals surface area contributed by atoms with Gasteiger partial charge in [-0.3, -0.25) is 9.69 Å². The van der Waals surface area contributed by atoms with Crippen LogP contribution in [-0.2, 0) is 0 Å². The zero-order valence-corrected chi connectivity index (χ0v) is 14.4. The van der Waals surface area contributed by atoms with E-state index in [1.807, 2.05) is 40.6 Å². The van der Waals surface area contributed by atoms with E-state index in [9.17, 15) is 10.1 Å². The Morgan fingerprint density at radius 2 is 1.96 bits per heavy atom. The maximum absolute atomic E-state index is 12.4. The van der Waals surface area contributed by atoms with E-state index >= 15 is 0 Å². The fourth-order valence-corrected chi connectivity index (χ4v) is 3.88. The lowest BCUT2D eigenvalue weighted by Crippen LogP contribution is -2.49. The monoisotopic (exact) mass is 355 g/mol. The van der Waals surface area contributed by atoms with Crippen molar-refractivity contribution in [3.63, 3.8) is 0 Å². The number of nitrogens with zero attached hydrogens (tertiary/aromatic N) is 3. The summed E-state index contributed by atoms with van der Waals surface area (Å²) in [6, 6.07) is 11.4. The van der Waals surface area contributed by atoms with Crippen LogP contribution >= 0.6 is 11.3 Å². The Morgan fingerprint density at radius 1 is 1.16 bits per heavy atom. The molecular formula is C18H17N3O3S. The summed E-state index contributed by atoms with van der Waals surface area (Å²) in [6.07, 6.45) is 0. The zero-order valence-electron chi connectivity index (χ0n) is 13.6. The van der Waals surface area contributed by atoms with E-state index in [1.54, 1.807) is 0 Å². The lowest BCUT2D eigenvalue weighted by molar-refractivity contribution is 0.0611. The van der Waals surface area contributed by atoms with Crippen LogP contribution in [0.15, 0.2) is 35.7 Å². The zero-order chi connectivity index (χ0) is 17.2. The molecule has 1 amide bonds. The fraction of sp³-hybridized carbons (Fsp3) is 0.333. The molecule has 0 N–H and O–H groups in total. The number of fused-ring (bicyclic) bond motifs is 1. The van der Waals surface area contributed by atoms with Crippen LogP contribution in [0.4, 0.5) is 0 Å². The Morgan fingerprint density at radius 3 is 2.68 bits per heavy atom. The van der Waals surface area contributed by atoms with Gasteiger partial charge in [-0.25, -0.2) is 0 Å². The highest BCUT2D eigenvalue weighted by atomic mass is 32.1. The van der Waals surface area contributed by atoms with Gasteiger partial charge in [0, 0.05) is 26.2 Å². The minimum absolute atomic E-state index is 0.0752. The van der Waals surface area contributed by atoms with Crippen LogP contribution < -0.4 is 9.47 Å².